The van der Waals surface area contributed by atoms with E-state index >= 15 is 0 Å². The molecule has 0 spiro atoms. The van der Waals surface area contributed by atoms with E-state index in [-0.39, 0.29) is 16.6 Å². The number of nitrogens with one attached hydrogen (secondary N) is 1. The van der Waals surface area contributed by atoms with E-state index in [9.17, 15) is 12.8 Å². The van der Waals surface area contributed by atoms with Gasteiger partial charge in [0, 0.05) is 6.04 Å². The third-order valence-corrected chi connectivity index (χ3v) is 4.73. The van der Waals surface area contributed by atoms with E-state index in [1.54, 1.807) is 6.92 Å². The summed E-state index contributed by atoms with van der Waals surface area (Å²) >= 11 is 0. The fourth-order valence-corrected chi connectivity index (χ4v) is 3.39. The number of hydrogen-bond acceptors (Lipinski definition) is 3. The highest BCUT2D eigenvalue weighted by Crippen LogP contribution is 2.21. The first kappa shape index (κ1) is 16.9. The van der Waals surface area contributed by atoms with E-state index in [1.165, 1.54) is 12.1 Å². The monoisotopic (exact) mass is 302 g/mol. The number of nitrogen functional groups attached to an aromatic ring is 1. The number of anilines is 1. The number of rotatable bonds is 7. The van der Waals surface area contributed by atoms with Crippen molar-refractivity contribution in [2.75, 3.05) is 5.73 Å². The molecular formula is C14H23FN2O2S. The van der Waals surface area contributed by atoms with Crippen molar-refractivity contribution >= 4 is 15.7 Å². The SMILES string of the molecule is CC(C)CCCC(C)NS(=O)(=O)c1cccc(F)c1N. The first-order valence-corrected chi connectivity index (χ1v) is 8.28. The molecule has 0 heterocycles. The Kier molecular flexibility index (Phi) is 5.95. The van der Waals surface area contributed by atoms with Crippen molar-refractivity contribution in [3.63, 3.8) is 0 Å². The minimum absolute atomic E-state index is 0.201. The Labute approximate surface area is 120 Å². The van der Waals surface area contributed by atoms with Crippen LogP contribution in [0.3, 0.4) is 0 Å². The predicted molar refractivity (Wildman–Crippen MR) is 79.3 cm³/mol. The van der Waals surface area contributed by atoms with Crippen LogP contribution in [0.2, 0.25) is 0 Å². The smallest absolute Gasteiger partial charge is 0.242 e. The van der Waals surface area contributed by atoms with Crippen LogP contribution >= 0.6 is 0 Å². The van der Waals surface area contributed by atoms with Crippen LogP contribution in [-0.2, 0) is 10.0 Å². The van der Waals surface area contributed by atoms with Crippen molar-refractivity contribution in [3.8, 4) is 0 Å². The van der Waals surface area contributed by atoms with Gasteiger partial charge in [0.25, 0.3) is 0 Å². The zero-order valence-corrected chi connectivity index (χ0v) is 13.0. The second kappa shape index (κ2) is 7.04. The second-order valence-corrected chi connectivity index (χ2v) is 7.18. The average Bonchev–Trinajstić information content (AvgIpc) is 2.31. The lowest BCUT2D eigenvalue weighted by atomic mass is 10.0. The Morgan fingerprint density at radius 3 is 2.50 bits per heavy atom. The summed E-state index contributed by atoms with van der Waals surface area (Å²) in [5.74, 6) is -0.127. The lowest BCUT2D eigenvalue weighted by Gasteiger charge is -2.16. The first-order valence-electron chi connectivity index (χ1n) is 6.80. The van der Waals surface area contributed by atoms with Gasteiger partial charge in [0.1, 0.15) is 10.7 Å². The summed E-state index contributed by atoms with van der Waals surface area (Å²) in [6.07, 6.45) is 2.74. The molecule has 1 rings (SSSR count). The summed E-state index contributed by atoms with van der Waals surface area (Å²) in [6.45, 7) is 6.05. The van der Waals surface area contributed by atoms with Crippen molar-refractivity contribution < 1.29 is 12.8 Å². The molecule has 0 saturated carbocycles. The van der Waals surface area contributed by atoms with E-state index < -0.39 is 15.8 Å². The second-order valence-electron chi connectivity index (χ2n) is 5.50. The van der Waals surface area contributed by atoms with Crippen molar-refractivity contribution in [3.05, 3.63) is 24.0 Å². The lowest BCUT2D eigenvalue weighted by Crippen LogP contribution is -2.33. The van der Waals surface area contributed by atoms with Crippen LogP contribution < -0.4 is 10.5 Å². The van der Waals surface area contributed by atoms with Crippen LogP contribution in [0.1, 0.15) is 40.0 Å². The van der Waals surface area contributed by atoms with Gasteiger partial charge in [-0.3, -0.25) is 0 Å². The summed E-state index contributed by atoms with van der Waals surface area (Å²) in [5.41, 5.74) is 5.15. The Morgan fingerprint density at radius 1 is 1.25 bits per heavy atom. The van der Waals surface area contributed by atoms with Gasteiger partial charge in [-0.1, -0.05) is 32.8 Å². The number of hydrogen-bond donors (Lipinski definition) is 2. The highest BCUT2D eigenvalue weighted by atomic mass is 32.2. The molecule has 4 nitrogen and oxygen atoms in total. The Balaban J connectivity index is 2.72. The quantitative estimate of drug-likeness (QED) is 0.761. The highest BCUT2D eigenvalue weighted by molar-refractivity contribution is 7.89. The van der Waals surface area contributed by atoms with Gasteiger partial charge in [-0.2, -0.15) is 0 Å². The number of nitrogens with two attached hydrogens (primary N) is 1. The van der Waals surface area contributed by atoms with Gasteiger partial charge in [0.15, 0.2) is 0 Å². The third-order valence-electron chi connectivity index (χ3n) is 3.08. The molecule has 1 aromatic rings. The molecule has 114 valence electrons. The van der Waals surface area contributed by atoms with Crippen LogP contribution in [0.25, 0.3) is 0 Å². The molecule has 0 radical (unpaired) electrons. The van der Waals surface area contributed by atoms with Crippen molar-refractivity contribution in [2.24, 2.45) is 5.92 Å². The molecule has 3 N–H and O–H groups in total. The number of benzene rings is 1. The molecule has 0 bridgehead atoms. The molecule has 0 fully saturated rings. The molecule has 0 aliphatic rings. The molecule has 0 aliphatic heterocycles. The number of para-hydroxylation sites is 1. The first-order chi connectivity index (χ1) is 9.24. The van der Waals surface area contributed by atoms with Gasteiger partial charge in [-0.25, -0.2) is 17.5 Å². The summed E-state index contributed by atoms with van der Waals surface area (Å²) in [4.78, 5) is -0.201. The van der Waals surface area contributed by atoms with Crippen LogP contribution in [-0.4, -0.2) is 14.5 Å². The van der Waals surface area contributed by atoms with Crippen LogP contribution in [0.4, 0.5) is 10.1 Å². The van der Waals surface area contributed by atoms with Crippen molar-refractivity contribution in [2.45, 2.75) is 51.0 Å². The Bertz CT molecular complexity index is 544. The maximum Gasteiger partial charge on any atom is 0.242 e. The van der Waals surface area contributed by atoms with Crippen LogP contribution in [0.5, 0.6) is 0 Å². The van der Waals surface area contributed by atoms with E-state index in [1.807, 2.05) is 0 Å². The molecule has 20 heavy (non-hydrogen) atoms. The molecule has 1 aromatic carbocycles. The topological polar surface area (TPSA) is 72.2 Å². The third kappa shape index (κ3) is 4.76. The van der Waals surface area contributed by atoms with E-state index in [0.717, 1.165) is 25.3 Å². The number of sulfonamides is 1. The summed E-state index contributed by atoms with van der Waals surface area (Å²) < 4.78 is 40.2. The minimum atomic E-state index is -3.78. The van der Waals surface area contributed by atoms with Crippen molar-refractivity contribution in [1.29, 1.82) is 0 Å². The van der Waals surface area contributed by atoms with Gasteiger partial charge < -0.3 is 5.73 Å². The minimum Gasteiger partial charge on any atom is -0.395 e. The van der Waals surface area contributed by atoms with Crippen LogP contribution in [0.15, 0.2) is 23.1 Å². The lowest BCUT2D eigenvalue weighted by molar-refractivity contribution is 0.488. The maximum absolute atomic E-state index is 13.3. The van der Waals surface area contributed by atoms with E-state index in [2.05, 4.69) is 18.6 Å². The molecule has 0 aliphatic carbocycles. The zero-order valence-electron chi connectivity index (χ0n) is 12.2. The van der Waals surface area contributed by atoms with Crippen molar-refractivity contribution in [1.82, 2.24) is 4.72 Å². The molecule has 0 saturated heterocycles. The van der Waals surface area contributed by atoms with Gasteiger partial charge in [0.2, 0.25) is 10.0 Å². The van der Waals surface area contributed by atoms with Gasteiger partial charge in [-0.15, -0.1) is 0 Å². The van der Waals surface area contributed by atoms with Gasteiger partial charge >= 0.3 is 0 Å². The molecule has 0 aromatic heterocycles. The van der Waals surface area contributed by atoms with Gasteiger partial charge in [0.05, 0.1) is 5.69 Å². The Morgan fingerprint density at radius 2 is 1.90 bits per heavy atom. The summed E-state index contributed by atoms with van der Waals surface area (Å²) in [5, 5.41) is 0. The molecule has 1 atom stereocenters. The highest BCUT2D eigenvalue weighted by Gasteiger charge is 2.21. The molecule has 1 unspecified atom stereocenters. The molecular weight excluding hydrogens is 279 g/mol. The zero-order chi connectivity index (χ0) is 15.3. The van der Waals surface area contributed by atoms with Gasteiger partial charge in [-0.05, 0) is 31.4 Å². The summed E-state index contributed by atoms with van der Waals surface area (Å²) in [6, 6.07) is 3.58. The molecule has 0 amide bonds. The predicted octanol–water partition coefficient (Wildman–Crippen LogP) is 2.90. The fourth-order valence-electron chi connectivity index (χ4n) is 1.97. The number of halogens is 1. The normalized spacial score (nSPS) is 13.7. The Hall–Kier alpha value is -1.14. The maximum atomic E-state index is 13.3. The standard InChI is InChI=1S/C14H23FN2O2S/c1-10(2)6-4-7-11(3)17-20(18,19)13-9-5-8-12(15)14(13)16/h5,8-11,17H,4,6-7,16H2,1-3H3. The fraction of sp³-hybridized carbons (Fsp3) is 0.571. The van der Waals surface area contributed by atoms with E-state index in [4.69, 9.17) is 5.73 Å². The van der Waals surface area contributed by atoms with E-state index in [0.29, 0.717) is 5.92 Å². The average molecular weight is 302 g/mol. The molecule has 6 heteroatoms. The summed E-state index contributed by atoms with van der Waals surface area (Å²) in [7, 11) is -3.78. The van der Waals surface area contributed by atoms with Crippen LogP contribution in [0, 0.1) is 11.7 Å². The largest absolute Gasteiger partial charge is 0.395 e.